The van der Waals surface area contributed by atoms with Crippen LogP contribution in [0.5, 0.6) is 0 Å². The first-order valence-corrected chi connectivity index (χ1v) is 15.0. The molecule has 2 aromatic rings. The van der Waals surface area contributed by atoms with Crippen molar-refractivity contribution in [3.05, 3.63) is 100 Å². The van der Waals surface area contributed by atoms with Gasteiger partial charge in [0.15, 0.2) is 0 Å². The van der Waals surface area contributed by atoms with Crippen LogP contribution < -0.4 is 4.90 Å². The number of halogens is 2. The van der Waals surface area contributed by atoms with Gasteiger partial charge in [0.25, 0.3) is 11.8 Å². The standard InChI is InChI=1S/C33H34F2N6O2.C2H6/c1-6-7-30(23(4)18-36)38-8-10-39(11-9-38)32(42)26-16-27(22(3)14-21(26)2)33(43)41-13-12-40(20-24(41)5)31-17-28(34)25(19-37)15-29(31)35;1-2/h6-7,14-17,24H,1,4,8-13,20H2,2-3,5H3;1-2H3/b30-7+;. The molecule has 0 saturated carbocycles. The maximum Gasteiger partial charge on any atom is 0.254 e. The van der Waals surface area contributed by atoms with Gasteiger partial charge in [-0.3, -0.25) is 9.59 Å². The highest BCUT2D eigenvalue weighted by molar-refractivity contribution is 6.01. The first kappa shape index (κ1) is 34.5. The minimum atomic E-state index is -0.791. The van der Waals surface area contributed by atoms with E-state index in [1.54, 1.807) is 39.0 Å². The van der Waals surface area contributed by atoms with Gasteiger partial charge in [0.05, 0.1) is 22.5 Å². The highest BCUT2D eigenvalue weighted by Gasteiger charge is 2.32. The quantitative estimate of drug-likeness (QED) is 0.304. The largest absolute Gasteiger partial charge is 0.367 e. The second-order valence-corrected chi connectivity index (χ2v) is 10.8. The average Bonchev–Trinajstić information content (AvgIpc) is 3.04. The number of hydrogen-bond donors (Lipinski definition) is 0. The maximum atomic E-state index is 14.7. The number of carbonyl (C=O) groups is 2. The first-order valence-electron chi connectivity index (χ1n) is 15.0. The van der Waals surface area contributed by atoms with Crippen molar-refractivity contribution in [2.75, 3.05) is 50.7 Å². The maximum absolute atomic E-state index is 14.7. The molecule has 236 valence electrons. The molecule has 8 nitrogen and oxygen atoms in total. The molecule has 2 aromatic carbocycles. The number of piperazine rings is 2. The Kier molecular flexibility index (Phi) is 11.6. The van der Waals surface area contributed by atoms with Crippen molar-refractivity contribution in [1.29, 1.82) is 10.5 Å². The zero-order chi connectivity index (χ0) is 33.4. The highest BCUT2D eigenvalue weighted by atomic mass is 19.1. The van der Waals surface area contributed by atoms with Gasteiger partial charge in [-0.05, 0) is 50.1 Å². The van der Waals surface area contributed by atoms with Crippen LogP contribution in [-0.4, -0.2) is 78.4 Å². The van der Waals surface area contributed by atoms with E-state index in [1.807, 2.05) is 45.6 Å². The molecule has 0 N–H and O–H groups in total. The van der Waals surface area contributed by atoms with E-state index in [9.17, 15) is 23.6 Å². The van der Waals surface area contributed by atoms with Crippen LogP contribution in [0, 0.1) is 48.1 Å². The summed E-state index contributed by atoms with van der Waals surface area (Å²) in [6.07, 6.45) is 3.35. The SMILES string of the molecule is C=C/C=C(\C(=C)C#N)N1CCN(C(=O)c2cc(C(=O)N3CCN(c4cc(F)c(C#N)cc4F)CC3C)c(C)cc2C)CC1.CC. The van der Waals surface area contributed by atoms with Crippen LogP contribution >= 0.6 is 0 Å². The molecule has 0 spiro atoms. The number of nitriles is 2. The highest BCUT2D eigenvalue weighted by Crippen LogP contribution is 2.28. The van der Waals surface area contributed by atoms with Crippen LogP contribution in [0.25, 0.3) is 0 Å². The third-order valence-electron chi connectivity index (χ3n) is 8.05. The van der Waals surface area contributed by atoms with Crippen LogP contribution in [0.15, 0.2) is 60.8 Å². The number of nitrogens with zero attached hydrogens (tertiary/aromatic N) is 6. The second-order valence-electron chi connectivity index (χ2n) is 10.8. The number of carbonyl (C=O) groups excluding carboxylic acids is 2. The lowest BCUT2D eigenvalue weighted by Gasteiger charge is -2.41. The topological polar surface area (TPSA) is 94.7 Å². The molecular weight excluding hydrogens is 574 g/mol. The van der Waals surface area contributed by atoms with Crippen LogP contribution in [0.4, 0.5) is 14.5 Å². The summed E-state index contributed by atoms with van der Waals surface area (Å²) in [4.78, 5) is 34.5. The number of anilines is 1. The summed E-state index contributed by atoms with van der Waals surface area (Å²) < 4.78 is 28.9. The van der Waals surface area contributed by atoms with Gasteiger partial charge in [0.2, 0.25) is 0 Å². The molecule has 4 rings (SSSR count). The van der Waals surface area contributed by atoms with Crippen LogP contribution in [-0.2, 0) is 0 Å². The molecule has 2 aliphatic rings. The number of amides is 2. The summed E-state index contributed by atoms with van der Waals surface area (Å²) in [5.41, 5.74) is 3.10. The Balaban J connectivity index is 0.00000271. The van der Waals surface area contributed by atoms with E-state index in [1.165, 1.54) is 0 Å². The predicted octanol–water partition coefficient (Wildman–Crippen LogP) is 5.74. The number of allylic oxidation sites excluding steroid dienone is 3. The molecule has 1 unspecified atom stereocenters. The fourth-order valence-corrected chi connectivity index (χ4v) is 5.70. The summed E-state index contributed by atoms with van der Waals surface area (Å²) in [7, 11) is 0. The average molecular weight is 615 g/mol. The van der Waals surface area contributed by atoms with E-state index < -0.39 is 11.6 Å². The summed E-state index contributed by atoms with van der Waals surface area (Å²) >= 11 is 0. The van der Waals surface area contributed by atoms with Gasteiger partial charge in [-0.25, -0.2) is 8.78 Å². The van der Waals surface area contributed by atoms with Crippen molar-refractivity contribution in [2.45, 2.75) is 40.7 Å². The smallest absolute Gasteiger partial charge is 0.254 e. The molecular formula is C35H40F2N6O2. The van der Waals surface area contributed by atoms with Gasteiger partial charge in [-0.1, -0.05) is 39.1 Å². The number of hydrogen-bond acceptors (Lipinski definition) is 6. The van der Waals surface area contributed by atoms with Crippen molar-refractivity contribution >= 4 is 17.5 Å². The van der Waals surface area contributed by atoms with E-state index in [0.29, 0.717) is 48.6 Å². The summed E-state index contributed by atoms with van der Waals surface area (Å²) in [5, 5.41) is 18.3. The third-order valence-corrected chi connectivity index (χ3v) is 8.05. The fourth-order valence-electron chi connectivity index (χ4n) is 5.70. The zero-order valence-electron chi connectivity index (χ0n) is 26.7. The lowest BCUT2D eigenvalue weighted by Crippen LogP contribution is -2.54. The van der Waals surface area contributed by atoms with Gasteiger partial charge in [-0.2, -0.15) is 10.5 Å². The molecule has 45 heavy (non-hydrogen) atoms. The Morgan fingerprint density at radius 2 is 1.49 bits per heavy atom. The zero-order valence-corrected chi connectivity index (χ0v) is 26.7. The van der Waals surface area contributed by atoms with Gasteiger partial charge in [0.1, 0.15) is 23.8 Å². The summed E-state index contributed by atoms with van der Waals surface area (Å²) in [5.74, 6) is -1.88. The molecule has 0 aliphatic carbocycles. The van der Waals surface area contributed by atoms with Gasteiger partial charge in [0, 0.05) is 69.0 Å². The van der Waals surface area contributed by atoms with Gasteiger partial charge < -0.3 is 19.6 Å². The third kappa shape index (κ3) is 7.41. The van der Waals surface area contributed by atoms with Crippen molar-refractivity contribution in [3.8, 4) is 12.1 Å². The Hall–Kier alpha value is -4.96. The minimum Gasteiger partial charge on any atom is -0.367 e. The van der Waals surface area contributed by atoms with Crippen LogP contribution in [0.1, 0.15) is 58.2 Å². The predicted molar refractivity (Wildman–Crippen MR) is 172 cm³/mol. The van der Waals surface area contributed by atoms with Crippen LogP contribution in [0.3, 0.4) is 0 Å². The van der Waals surface area contributed by atoms with Crippen molar-refractivity contribution in [1.82, 2.24) is 14.7 Å². The molecule has 0 bridgehead atoms. The lowest BCUT2D eigenvalue weighted by molar-refractivity contribution is 0.0670. The van der Waals surface area contributed by atoms with Crippen molar-refractivity contribution in [2.24, 2.45) is 0 Å². The molecule has 0 aromatic heterocycles. The van der Waals surface area contributed by atoms with E-state index in [2.05, 4.69) is 19.2 Å². The van der Waals surface area contributed by atoms with Crippen molar-refractivity contribution in [3.63, 3.8) is 0 Å². The summed E-state index contributed by atoms with van der Waals surface area (Å²) in [6.45, 7) is 19.8. The monoisotopic (exact) mass is 614 g/mol. The second kappa shape index (κ2) is 15.2. The van der Waals surface area contributed by atoms with E-state index in [4.69, 9.17) is 5.26 Å². The Morgan fingerprint density at radius 1 is 0.889 bits per heavy atom. The minimum absolute atomic E-state index is 0.0546. The van der Waals surface area contributed by atoms with Crippen LogP contribution in [0.2, 0.25) is 0 Å². The molecule has 2 amide bonds. The normalized spacial score (nSPS) is 16.6. The Morgan fingerprint density at radius 3 is 2.04 bits per heavy atom. The van der Waals surface area contributed by atoms with E-state index in [0.717, 1.165) is 23.3 Å². The fraction of sp³-hybridized carbons (Fsp3) is 0.371. The molecule has 10 heteroatoms. The Labute approximate surface area is 264 Å². The lowest BCUT2D eigenvalue weighted by atomic mass is 9.97. The number of aryl methyl sites for hydroxylation is 2. The van der Waals surface area contributed by atoms with E-state index in [-0.39, 0.29) is 48.7 Å². The van der Waals surface area contributed by atoms with Gasteiger partial charge >= 0.3 is 0 Å². The summed E-state index contributed by atoms with van der Waals surface area (Å²) in [6, 6.07) is 8.81. The first-order chi connectivity index (χ1) is 21.5. The molecule has 2 aliphatic heterocycles. The number of benzene rings is 2. The molecule has 1 atom stereocenters. The Bertz CT molecular complexity index is 1590. The number of rotatable bonds is 6. The molecule has 0 radical (unpaired) electrons. The van der Waals surface area contributed by atoms with E-state index >= 15 is 0 Å². The van der Waals surface area contributed by atoms with Gasteiger partial charge in [-0.15, -0.1) is 0 Å². The van der Waals surface area contributed by atoms with Crippen molar-refractivity contribution < 1.29 is 18.4 Å². The molecule has 2 saturated heterocycles. The molecule has 2 heterocycles. The molecule has 2 fully saturated rings.